The van der Waals surface area contributed by atoms with Gasteiger partial charge in [0.1, 0.15) is 10.9 Å². The summed E-state index contributed by atoms with van der Waals surface area (Å²) < 4.78 is 17.6. The molecule has 0 aromatic heterocycles. The summed E-state index contributed by atoms with van der Waals surface area (Å²) in [5.41, 5.74) is 2.99. The molecule has 1 heterocycles. The number of hydrogen-bond donors (Lipinski definition) is 0. The monoisotopic (exact) mass is 549 g/mol. The van der Waals surface area contributed by atoms with Crippen LogP contribution in [-0.2, 0) is 20.9 Å². The van der Waals surface area contributed by atoms with Crippen LogP contribution in [0.2, 0.25) is 0 Å². The highest BCUT2D eigenvalue weighted by atomic mass is 79.9. The molecule has 2 aromatic rings. The van der Waals surface area contributed by atoms with Crippen LogP contribution in [0.15, 0.2) is 45.8 Å². The molecule has 0 spiro atoms. The summed E-state index contributed by atoms with van der Waals surface area (Å²) in [6.07, 6.45) is 1.85. The van der Waals surface area contributed by atoms with E-state index in [1.165, 1.54) is 22.2 Å². The summed E-state index contributed by atoms with van der Waals surface area (Å²) in [5.74, 6) is 0.534. The van der Waals surface area contributed by atoms with E-state index in [1.807, 2.05) is 37.3 Å². The normalized spacial score (nSPS) is 14.7. The molecule has 0 aliphatic carbocycles. The van der Waals surface area contributed by atoms with Crippen molar-refractivity contribution in [2.24, 2.45) is 0 Å². The number of thioether (sulfide) groups is 1. The average Bonchev–Trinajstić information content (AvgIpc) is 3.04. The molecule has 6 nitrogen and oxygen atoms in total. The minimum Gasteiger partial charge on any atom is -0.493 e. The topological polar surface area (TPSA) is 65.1 Å². The van der Waals surface area contributed by atoms with Crippen molar-refractivity contribution in [1.82, 2.24) is 4.90 Å². The van der Waals surface area contributed by atoms with Gasteiger partial charge in [-0.3, -0.25) is 14.5 Å². The zero-order valence-corrected chi connectivity index (χ0v) is 21.8. The molecule has 0 bridgehead atoms. The number of methoxy groups -OCH3 is 1. The standard InChI is InChI=1S/C24H24BrNO5S2/c1-4-30-21(27)9-10-26-23(28)20(33-24(26)32)13-17-11-18(25)22(19(12-17)29-3)31-14-16-7-5-15(2)6-8-16/h5-8,11-13H,4,9-10,14H2,1-3H3/b20-13-. The molecule has 9 heteroatoms. The lowest BCUT2D eigenvalue weighted by Gasteiger charge is -2.14. The van der Waals surface area contributed by atoms with Crippen molar-refractivity contribution in [3.8, 4) is 11.5 Å². The number of halogens is 1. The molecule has 33 heavy (non-hydrogen) atoms. The molecule has 0 N–H and O–H groups in total. The fourth-order valence-electron chi connectivity index (χ4n) is 3.08. The van der Waals surface area contributed by atoms with Crippen molar-refractivity contribution in [2.75, 3.05) is 20.3 Å². The van der Waals surface area contributed by atoms with Crippen LogP contribution in [0.3, 0.4) is 0 Å². The zero-order valence-electron chi connectivity index (χ0n) is 18.6. The second-order valence-corrected chi connectivity index (χ2v) is 9.73. The number of hydrogen-bond acceptors (Lipinski definition) is 7. The number of carbonyl (C=O) groups is 2. The van der Waals surface area contributed by atoms with Gasteiger partial charge in [-0.05, 0) is 59.1 Å². The Balaban J connectivity index is 1.74. The number of ether oxygens (including phenoxy) is 3. The quantitative estimate of drug-likeness (QED) is 0.232. The summed E-state index contributed by atoms with van der Waals surface area (Å²) in [4.78, 5) is 26.3. The average molecular weight is 550 g/mol. The molecule has 0 radical (unpaired) electrons. The fraction of sp³-hybridized carbons (Fsp3) is 0.292. The summed E-state index contributed by atoms with van der Waals surface area (Å²) >= 11 is 10.1. The van der Waals surface area contributed by atoms with Crippen LogP contribution in [0, 0.1) is 6.92 Å². The van der Waals surface area contributed by atoms with Gasteiger partial charge in [0.05, 0.1) is 29.5 Å². The highest BCUT2D eigenvalue weighted by molar-refractivity contribution is 9.10. The maximum atomic E-state index is 12.8. The largest absolute Gasteiger partial charge is 0.493 e. The second-order valence-electron chi connectivity index (χ2n) is 7.20. The van der Waals surface area contributed by atoms with Crippen molar-refractivity contribution in [3.63, 3.8) is 0 Å². The lowest BCUT2D eigenvalue weighted by atomic mass is 10.1. The van der Waals surface area contributed by atoms with Gasteiger partial charge in [-0.1, -0.05) is 53.8 Å². The Morgan fingerprint density at radius 1 is 1.24 bits per heavy atom. The van der Waals surface area contributed by atoms with Crippen LogP contribution in [0.25, 0.3) is 6.08 Å². The number of nitrogens with zero attached hydrogens (tertiary/aromatic N) is 1. The number of amides is 1. The Bertz CT molecular complexity index is 1090. The van der Waals surface area contributed by atoms with E-state index in [1.54, 1.807) is 26.2 Å². The van der Waals surface area contributed by atoms with Crippen LogP contribution < -0.4 is 9.47 Å². The van der Waals surface area contributed by atoms with Crippen molar-refractivity contribution in [1.29, 1.82) is 0 Å². The molecule has 0 saturated carbocycles. The van der Waals surface area contributed by atoms with Gasteiger partial charge in [0.2, 0.25) is 0 Å². The van der Waals surface area contributed by atoms with E-state index in [-0.39, 0.29) is 24.8 Å². The number of aryl methyl sites for hydroxylation is 1. The second kappa shape index (κ2) is 11.7. The third kappa shape index (κ3) is 6.59. The fourth-order valence-corrected chi connectivity index (χ4v) is 4.97. The Hall–Kier alpha value is -2.36. The van der Waals surface area contributed by atoms with Crippen molar-refractivity contribution < 1.29 is 23.8 Å². The number of benzene rings is 2. The van der Waals surface area contributed by atoms with E-state index in [0.29, 0.717) is 38.4 Å². The summed E-state index contributed by atoms with van der Waals surface area (Å²) in [6, 6.07) is 11.8. The van der Waals surface area contributed by atoms with Gasteiger partial charge in [-0.25, -0.2) is 0 Å². The molecule has 3 rings (SSSR count). The predicted octanol–water partition coefficient (Wildman–Crippen LogP) is 5.50. The molecular formula is C24H24BrNO5S2. The maximum Gasteiger partial charge on any atom is 0.307 e. The van der Waals surface area contributed by atoms with Crippen LogP contribution in [0.4, 0.5) is 0 Å². The highest BCUT2D eigenvalue weighted by Gasteiger charge is 2.32. The molecule has 2 aromatic carbocycles. The lowest BCUT2D eigenvalue weighted by molar-refractivity contribution is -0.143. The van der Waals surface area contributed by atoms with E-state index in [4.69, 9.17) is 26.4 Å². The third-order valence-corrected chi connectivity index (χ3v) is 6.74. The van der Waals surface area contributed by atoms with Gasteiger partial charge >= 0.3 is 5.97 Å². The van der Waals surface area contributed by atoms with Gasteiger partial charge in [0.25, 0.3) is 5.91 Å². The van der Waals surface area contributed by atoms with Crippen molar-refractivity contribution >= 4 is 62.2 Å². The first-order valence-corrected chi connectivity index (χ1v) is 12.3. The summed E-state index contributed by atoms with van der Waals surface area (Å²) in [7, 11) is 1.57. The molecular weight excluding hydrogens is 526 g/mol. The maximum absolute atomic E-state index is 12.8. The molecule has 0 unspecified atom stereocenters. The van der Waals surface area contributed by atoms with E-state index in [9.17, 15) is 9.59 Å². The van der Waals surface area contributed by atoms with E-state index in [0.717, 1.165) is 11.1 Å². The predicted molar refractivity (Wildman–Crippen MR) is 137 cm³/mol. The Morgan fingerprint density at radius 3 is 2.64 bits per heavy atom. The molecule has 1 aliphatic heterocycles. The molecule has 174 valence electrons. The van der Waals surface area contributed by atoms with Gasteiger partial charge in [0, 0.05) is 6.54 Å². The number of thiocarbonyl (C=S) groups is 1. The SMILES string of the molecule is CCOC(=O)CCN1C(=O)/C(=C/c2cc(Br)c(OCc3ccc(C)cc3)c(OC)c2)SC1=S. The number of rotatable bonds is 9. The van der Waals surface area contributed by atoms with Gasteiger partial charge in [-0.15, -0.1) is 0 Å². The van der Waals surface area contributed by atoms with Crippen molar-refractivity contribution in [3.05, 3.63) is 62.5 Å². The molecule has 0 atom stereocenters. The Labute approximate surface area is 211 Å². The van der Waals surface area contributed by atoms with E-state index < -0.39 is 0 Å². The molecule has 1 saturated heterocycles. The molecule has 1 aliphatic rings. The highest BCUT2D eigenvalue weighted by Crippen LogP contribution is 2.39. The number of carbonyl (C=O) groups excluding carboxylic acids is 2. The number of esters is 1. The minimum absolute atomic E-state index is 0.0972. The molecule has 1 fully saturated rings. The van der Waals surface area contributed by atoms with Crippen LogP contribution in [0.1, 0.15) is 30.0 Å². The van der Waals surface area contributed by atoms with Crippen molar-refractivity contribution in [2.45, 2.75) is 26.9 Å². The summed E-state index contributed by atoms with van der Waals surface area (Å²) in [6.45, 7) is 4.68. The zero-order chi connectivity index (χ0) is 24.0. The van der Waals surface area contributed by atoms with E-state index >= 15 is 0 Å². The first-order chi connectivity index (χ1) is 15.8. The van der Waals surface area contributed by atoms with Gasteiger partial charge in [0.15, 0.2) is 11.5 Å². The van der Waals surface area contributed by atoms with E-state index in [2.05, 4.69) is 15.9 Å². The third-order valence-electron chi connectivity index (χ3n) is 4.77. The lowest BCUT2D eigenvalue weighted by Crippen LogP contribution is -2.30. The van der Waals surface area contributed by atoms with Gasteiger partial charge < -0.3 is 14.2 Å². The first-order valence-electron chi connectivity index (χ1n) is 10.3. The van der Waals surface area contributed by atoms with Gasteiger partial charge in [-0.2, -0.15) is 0 Å². The smallest absolute Gasteiger partial charge is 0.307 e. The minimum atomic E-state index is -0.356. The van der Waals surface area contributed by atoms with Crippen LogP contribution >= 0.6 is 39.9 Å². The Morgan fingerprint density at radius 2 is 1.97 bits per heavy atom. The Kier molecular flexibility index (Phi) is 8.94. The molecule has 1 amide bonds. The summed E-state index contributed by atoms with van der Waals surface area (Å²) in [5, 5.41) is 0. The van der Waals surface area contributed by atoms with Crippen LogP contribution in [0.5, 0.6) is 11.5 Å². The first kappa shape index (κ1) is 25.3. The van der Waals surface area contributed by atoms with Crippen LogP contribution in [-0.4, -0.2) is 41.4 Å².